The Kier molecular flexibility index (Phi) is 7.22. The first-order valence-corrected chi connectivity index (χ1v) is 9.54. The second-order valence-electron chi connectivity index (χ2n) is 6.66. The van der Waals surface area contributed by atoms with Crippen LogP contribution in [0.25, 0.3) is 10.6 Å². The second-order valence-corrected chi connectivity index (χ2v) is 7.69. The summed E-state index contributed by atoms with van der Waals surface area (Å²) in [6, 6.07) is 7.66. The lowest BCUT2D eigenvalue weighted by Gasteiger charge is -2.32. The zero-order valence-electron chi connectivity index (χ0n) is 15.8. The van der Waals surface area contributed by atoms with Crippen LogP contribution in [0.5, 0.6) is 5.75 Å². The summed E-state index contributed by atoms with van der Waals surface area (Å²) in [5, 5.41) is 3.99. The molecule has 1 unspecified atom stereocenters. The van der Waals surface area contributed by atoms with E-state index in [1.807, 2.05) is 38.1 Å². The number of thiazole rings is 1. The highest BCUT2D eigenvalue weighted by Gasteiger charge is 2.36. The quantitative estimate of drug-likeness (QED) is 0.788. The maximum absolute atomic E-state index is 12.6. The number of hydrogen-bond donors (Lipinski definition) is 2. The minimum atomic E-state index is -0.843. The Bertz CT molecular complexity index is 773. The summed E-state index contributed by atoms with van der Waals surface area (Å²) in [4.78, 5) is 18.4. The molecule has 27 heavy (non-hydrogen) atoms. The first-order chi connectivity index (χ1) is 12.4. The molecule has 0 bridgehead atoms. The number of amides is 1. The minimum absolute atomic E-state index is 0. The summed E-state index contributed by atoms with van der Waals surface area (Å²) in [6.07, 6.45) is 1.09. The van der Waals surface area contributed by atoms with E-state index in [0.717, 1.165) is 26.9 Å². The lowest BCUT2D eigenvalue weighted by molar-refractivity contribution is -0.130. The van der Waals surface area contributed by atoms with Crippen molar-refractivity contribution in [2.24, 2.45) is 5.73 Å². The summed E-state index contributed by atoms with van der Waals surface area (Å²) in [5.41, 5.74) is 7.38. The summed E-state index contributed by atoms with van der Waals surface area (Å²) < 4.78 is 10.5. The molecule has 0 aliphatic carbocycles. The molecule has 1 aromatic heterocycles. The van der Waals surface area contributed by atoms with Gasteiger partial charge in [-0.2, -0.15) is 0 Å². The number of nitrogens with two attached hydrogens (primary N) is 1. The Morgan fingerprint density at radius 1 is 1.33 bits per heavy atom. The Hall–Kier alpha value is -1.67. The number of ether oxygens (including phenoxy) is 2. The van der Waals surface area contributed by atoms with E-state index in [1.165, 1.54) is 0 Å². The fourth-order valence-corrected chi connectivity index (χ4v) is 4.11. The van der Waals surface area contributed by atoms with Crippen LogP contribution in [0.4, 0.5) is 0 Å². The lowest BCUT2D eigenvalue weighted by Crippen LogP contribution is -2.57. The van der Waals surface area contributed by atoms with Crippen LogP contribution in [-0.2, 0) is 9.53 Å². The molecule has 1 aromatic carbocycles. The van der Waals surface area contributed by atoms with Crippen LogP contribution >= 0.6 is 23.7 Å². The van der Waals surface area contributed by atoms with Gasteiger partial charge < -0.3 is 20.5 Å². The normalized spacial score (nSPS) is 16.9. The zero-order valence-corrected chi connectivity index (χ0v) is 17.4. The van der Waals surface area contributed by atoms with Gasteiger partial charge in [0, 0.05) is 18.8 Å². The van der Waals surface area contributed by atoms with E-state index >= 15 is 0 Å². The topological polar surface area (TPSA) is 86.5 Å². The molecule has 0 radical (unpaired) electrons. The largest absolute Gasteiger partial charge is 0.497 e. The zero-order chi connectivity index (χ0) is 18.7. The third kappa shape index (κ3) is 4.79. The average Bonchev–Trinajstić information content (AvgIpc) is 3.04. The van der Waals surface area contributed by atoms with Gasteiger partial charge in [-0.25, -0.2) is 4.98 Å². The van der Waals surface area contributed by atoms with Gasteiger partial charge in [-0.3, -0.25) is 4.79 Å². The molecule has 148 valence electrons. The average molecular weight is 412 g/mol. The molecule has 6 nitrogen and oxygen atoms in total. The van der Waals surface area contributed by atoms with E-state index < -0.39 is 5.54 Å². The third-order valence-corrected chi connectivity index (χ3v) is 6.14. The molecular weight excluding hydrogens is 386 g/mol. The lowest BCUT2D eigenvalue weighted by atomic mass is 9.90. The van der Waals surface area contributed by atoms with Gasteiger partial charge in [0.05, 0.1) is 29.3 Å². The summed E-state index contributed by atoms with van der Waals surface area (Å²) in [7, 11) is 1.65. The van der Waals surface area contributed by atoms with Gasteiger partial charge in [-0.1, -0.05) is 0 Å². The number of carbonyl (C=O) groups is 1. The van der Waals surface area contributed by atoms with Crippen LogP contribution in [-0.4, -0.2) is 36.8 Å². The maximum atomic E-state index is 12.6. The molecule has 0 saturated carbocycles. The van der Waals surface area contributed by atoms with Gasteiger partial charge in [0.2, 0.25) is 5.91 Å². The molecule has 3 N–H and O–H groups in total. The molecule has 1 atom stereocenters. The van der Waals surface area contributed by atoms with E-state index in [2.05, 4.69) is 10.3 Å². The monoisotopic (exact) mass is 411 g/mol. The van der Waals surface area contributed by atoms with Crippen LogP contribution in [0.1, 0.15) is 36.4 Å². The Morgan fingerprint density at radius 3 is 2.56 bits per heavy atom. The number of nitrogens with zero attached hydrogens (tertiary/aromatic N) is 1. The van der Waals surface area contributed by atoms with Crippen molar-refractivity contribution in [1.29, 1.82) is 0 Å². The van der Waals surface area contributed by atoms with Gasteiger partial charge >= 0.3 is 0 Å². The van der Waals surface area contributed by atoms with Gasteiger partial charge in [0.1, 0.15) is 10.8 Å². The Morgan fingerprint density at radius 2 is 1.96 bits per heavy atom. The van der Waals surface area contributed by atoms with Crippen LogP contribution in [0, 0.1) is 6.92 Å². The van der Waals surface area contributed by atoms with E-state index in [4.69, 9.17) is 15.2 Å². The highest BCUT2D eigenvalue weighted by atomic mass is 35.5. The number of nitrogens with one attached hydrogen (secondary N) is 1. The fourth-order valence-electron chi connectivity index (χ4n) is 3.04. The molecule has 0 spiro atoms. The molecule has 8 heteroatoms. The van der Waals surface area contributed by atoms with Crippen LogP contribution in [0.15, 0.2) is 24.3 Å². The third-order valence-electron chi connectivity index (χ3n) is 4.75. The number of rotatable bonds is 5. The molecule has 1 amide bonds. The van der Waals surface area contributed by atoms with Crippen LogP contribution < -0.4 is 15.8 Å². The van der Waals surface area contributed by atoms with Crippen molar-refractivity contribution in [3.05, 3.63) is 34.8 Å². The predicted octanol–water partition coefficient (Wildman–Crippen LogP) is 3.23. The number of benzene rings is 1. The first kappa shape index (κ1) is 21.6. The van der Waals surface area contributed by atoms with Gasteiger partial charge in [-0.05, 0) is 51.0 Å². The SMILES string of the molecule is COc1ccc(-c2nc(C)c(C(C)NC(=O)C3(N)CCOCC3)s2)cc1.Cl. The highest BCUT2D eigenvalue weighted by molar-refractivity contribution is 7.15. The molecular formula is C19H26ClN3O3S. The van der Waals surface area contributed by atoms with E-state index in [-0.39, 0.29) is 24.4 Å². The number of hydrogen-bond acceptors (Lipinski definition) is 6. The van der Waals surface area contributed by atoms with E-state index in [0.29, 0.717) is 26.1 Å². The molecule has 3 rings (SSSR count). The molecule has 1 aliphatic heterocycles. The number of aryl methyl sites for hydroxylation is 1. The molecule has 1 aliphatic rings. The maximum Gasteiger partial charge on any atom is 0.240 e. The van der Waals surface area contributed by atoms with Crippen molar-refractivity contribution in [2.45, 2.75) is 38.3 Å². The Labute approximate surface area is 169 Å². The molecule has 1 fully saturated rings. The second kappa shape index (κ2) is 9.01. The molecule has 2 heterocycles. The minimum Gasteiger partial charge on any atom is -0.497 e. The summed E-state index contributed by atoms with van der Waals surface area (Å²) >= 11 is 1.59. The van der Waals surface area contributed by atoms with Crippen molar-refractivity contribution < 1.29 is 14.3 Å². The fraction of sp³-hybridized carbons (Fsp3) is 0.474. The van der Waals surface area contributed by atoms with Crippen molar-refractivity contribution in [3.63, 3.8) is 0 Å². The van der Waals surface area contributed by atoms with Crippen molar-refractivity contribution in [1.82, 2.24) is 10.3 Å². The van der Waals surface area contributed by atoms with Gasteiger partial charge in [0.15, 0.2) is 0 Å². The van der Waals surface area contributed by atoms with Crippen LogP contribution in [0.2, 0.25) is 0 Å². The predicted molar refractivity (Wildman–Crippen MR) is 110 cm³/mol. The molecule has 2 aromatic rings. The Balaban J connectivity index is 0.00000261. The van der Waals surface area contributed by atoms with Crippen molar-refractivity contribution in [2.75, 3.05) is 20.3 Å². The van der Waals surface area contributed by atoms with Crippen molar-refractivity contribution >= 4 is 29.7 Å². The summed E-state index contributed by atoms with van der Waals surface area (Å²) in [5.74, 6) is 0.694. The highest BCUT2D eigenvalue weighted by Crippen LogP contribution is 2.33. The van der Waals surface area contributed by atoms with Gasteiger partial charge in [-0.15, -0.1) is 23.7 Å². The van der Waals surface area contributed by atoms with Crippen LogP contribution in [0.3, 0.4) is 0 Å². The number of carbonyl (C=O) groups excluding carboxylic acids is 1. The number of halogens is 1. The smallest absolute Gasteiger partial charge is 0.240 e. The van der Waals surface area contributed by atoms with Gasteiger partial charge in [0.25, 0.3) is 0 Å². The number of aromatic nitrogens is 1. The molecule has 1 saturated heterocycles. The van der Waals surface area contributed by atoms with E-state index in [1.54, 1.807) is 18.4 Å². The number of methoxy groups -OCH3 is 1. The van der Waals surface area contributed by atoms with Crippen molar-refractivity contribution in [3.8, 4) is 16.3 Å². The first-order valence-electron chi connectivity index (χ1n) is 8.72. The summed E-state index contributed by atoms with van der Waals surface area (Å²) in [6.45, 7) is 4.99. The van der Waals surface area contributed by atoms with E-state index in [9.17, 15) is 4.79 Å². The standard InChI is InChI=1S/C19H25N3O3S.ClH/c1-12-16(13(2)22-18(23)19(20)8-10-25-11-9-19)26-17(21-12)14-4-6-15(24-3)7-5-14;/h4-7,13H,8-11,20H2,1-3H3,(H,22,23);1H.